The number of hydrogen-bond donors (Lipinski definition) is 1. The van der Waals surface area contributed by atoms with Gasteiger partial charge in [-0.25, -0.2) is 0 Å². The first kappa shape index (κ1) is 19.0. The van der Waals surface area contributed by atoms with Crippen LogP contribution in [0.5, 0.6) is 0 Å². The molecule has 0 aliphatic heterocycles. The Morgan fingerprint density at radius 3 is 2.32 bits per heavy atom. The lowest BCUT2D eigenvalue weighted by Crippen LogP contribution is -2.26. The van der Waals surface area contributed by atoms with Crippen LogP contribution in [0.2, 0.25) is 0 Å². The molecule has 1 heterocycles. The summed E-state index contributed by atoms with van der Waals surface area (Å²) in [4.78, 5) is 11.9. The van der Waals surface area contributed by atoms with Crippen LogP contribution in [0.3, 0.4) is 0 Å². The highest BCUT2D eigenvalue weighted by atomic mass is 19.4. The van der Waals surface area contributed by atoms with Crippen molar-refractivity contribution in [3.8, 4) is 0 Å². The number of aryl methyl sites for hydroxylation is 2. The average molecular weight is 353 g/mol. The predicted octanol–water partition coefficient (Wildman–Crippen LogP) is 3.35. The summed E-state index contributed by atoms with van der Waals surface area (Å²) in [7, 11) is 1.87. The SMILES string of the molecule is Cc1nn(C)c(C)c1CCC(=O)NCCc1ccc(C(F)(F)F)cc1. The molecule has 0 unspecified atom stereocenters. The summed E-state index contributed by atoms with van der Waals surface area (Å²) in [5.41, 5.74) is 3.16. The fourth-order valence-corrected chi connectivity index (χ4v) is 2.71. The smallest absolute Gasteiger partial charge is 0.356 e. The zero-order valence-electron chi connectivity index (χ0n) is 14.6. The molecule has 0 atom stereocenters. The van der Waals surface area contributed by atoms with E-state index in [1.807, 2.05) is 20.9 Å². The molecule has 0 aliphatic rings. The van der Waals surface area contributed by atoms with E-state index in [0.717, 1.165) is 34.6 Å². The Balaban J connectivity index is 1.77. The number of alkyl halides is 3. The van der Waals surface area contributed by atoms with Crippen molar-refractivity contribution in [1.29, 1.82) is 0 Å². The molecule has 1 aromatic carbocycles. The van der Waals surface area contributed by atoms with Gasteiger partial charge in [-0.3, -0.25) is 9.48 Å². The van der Waals surface area contributed by atoms with Crippen LogP contribution in [0.15, 0.2) is 24.3 Å². The minimum absolute atomic E-state index is 0.0745. The molecule has 4 nitrogen and oxygen atoms in total. The molecule has 0 radical (unpaired) electrons. The molecule has 1 aromatic heterocycles. The molecule has 2 aromatic rings. The second kappa shape index (κ2) is 7.72. The molecule has 1 amide bonds. The fourth-order valence-electron chi connectivity index (χ4n) is 2.71. The molecule has 0 fully saturated rings. The number of nitrogens with one attached hydrogen (secondary N) is 1. The summed E-state index contributed by atoms with van der Waals surface area (Å²) in [6.45, 7) is 4.29. The van der Waals surface area contributed by atoms with Gasteiger partial charge in [0.15, 0.2) is 0 Å². The number of nitrogens with zero attached hydrogens (tertiary/aromatic N) is 2. The molecule has 25 heavy (non-hydrogen) atoms. The minimum Gasteiger partial charge on any atom is -0.356 e. The lowest BCUT2D eigenvalue weighted by molar-refractivity contribution is -0.137. The number of carbonyl (C=O) groups excluding carboxylic acids is 1. The molecule has 0 aliphatic carbocycles. The topological polar surface area (TPSA) is 46.9 Å². The maximum atomic E-state index is 12.5. The lowest BCUT2D eigenvalue weighted by atomic mass is 10.1. The van der Waals surface area contributed by atoms with Gasteiger partial charge in [-0.15, -0.1) is 0 Å². The maximum absolute atomic E-state index is 12.5. The van der Waals surface area contributed by atoms with Gasteiger partial charge in [0, 0.05) is 25.7 Å². The van der Waals surface area contributed by atoms with E-state index in [0.29, 0.717) is 25.8 Å². The summed E-state index contributed by atoms with van der Waals surface area (Å²) in [5.74, 6) is -0.0745. The summed E-state index contributed by atoms with van der Waals surface area (Å²) in [6.07, 6.45) is -2.85. The molecule has 0 spiro atoms. The van der Waals surface area contributed by atoms with Crippen LogP contribution in [-0.2, 0) is 30.9 Å². The third-order valence-electron chi connectivity index (χ3n) is 4.28. The van der Waals surface area contributed by atoms with Crippen molar-refractivity contribution >= 4 is 5.91 Å². The van der Waals surface area contributed by atoms with Crippen molar-refractivity contribution in [2.45, 2.75) is 39.3 Å². The first-order valence-electron chi connectivity index (χ1n) is 8.10. The molecule has 2 rings (SSSR count). The summed E-state index contributed by atoms with van der Waals surface area (Å²) in [6, 6.07) is 5.00. The zero-order valence-corrected chi connectivity index (χ0v) is 14.6. The predicted molar refractivity (Wildman–Crippen MR) is 89.2 cm³/mol. The number of amides is 1. The highest BCUT2D eigenvalue weighted by Crippen LogP contribution is 2.29. The molecule has 7 heteroatoms. The van der Waals surface area contributed by atoms with Gasteiger partial charge in [0.2, 0.25) is 5.91 Å². The van der Waals surface area contributed by atoms with Crippen LogP contribution < -0.4 is 5.32 Å². The van der Waals surface area contributed by atoms with Gasteiger partial charge in [-0.05, 0) is 49.9 Å². The lowest BCUT2D eigenvalue weighted by Gasteiger charge is -2.08. The van der Waals surface area contributed by atoms with Gasteiger partial charge in [-0.2, -0.15) is 18.3 Å². The van der Waals surface area contributed by atoms with E-state index >= 15 is 0 Å². The Bertz CT molecular complexity index is 733. The second-order valence-electron chi connectivity index (χ2n) is 6.07. The summed E-state index contributed by atoms with van der Waals surface area (Å²) in [5, 5.41) is 7.12. The number of hydrogen-bond acceptors (Lipinski definition) is 2. The van der Waals surface area contributed by atoms with Crippen LogP contribution in [0.1, 0.15) is 34.5 Å². The molecule has 136 valence electrons. The normalized spacial score (nSPS) is 11.6. The first-order valence-corrected chi connectivity index (χ1v) is 8.10. The highest BCUT2D eigenvalue weighted by molar-refractivity contribution is 5.76. The second-order valence-corrected chi connectivity index (χ2v) is 6.07. The van der Waals surface area contributed by atoms with E-state index in [1.165, 1.54) is 12.1 Å². The van der Waals surface area contributed by atoms with Crippen molar-refractivity contribution in [1.82, 2.24) is 15.1 Å². The monoisotopic (exact) mass is 353 g/mol. The summed E-state index contributed by atoms with van der Waals surface area (Å²) < 4.78 is 39.3. The Hall–Kier alpha value is -2.31. The van der Waals surface area contributed by atoms with Crippen molar-refractivity contribution in [3.63, 3.8) is 0 Å². The highest BCUT2D eigenvalue weighted by Gasteiger charge is 2.29. The summed E-state index contributed by atoms with van der Waals surface area (Å²) >= 11 is 0. The van der Waals surface area contributed by atoms with Crippen molar-refractivity contribution < 1.29 is 18.0 Å². The average Bonchev–Trinajstić information content (AvgIpc) is 2.78. The van der Waals surface area contributed by atoms with E-state index in [2.05, 4.69) is 10.4 Å². The van der Waals surface area contributed by atoms with Gasteiger partial charge in [0.25, 0.3) is 0 Å². The van der Waals surface area contributed by atoms with Crippen LogP contribution in [0, 0.1) is 13.8 Å². The molecule has 0 bridgehead atoms. The number of benzene rings is 1. The van der Waals surface area contributed by atoms with Crippen LogP contribution in [0.4, 0.5) is 13.2 Å². The van der Waals surface area contributed by atoms with Gasteiger partial charge in [0.05, 0.1) is 11.3 Å². The molecule has 1 N–H and O–H groups in total. The Kier molecular flexibility index (Phi) is 5.87. The van der Waals surface area contributed by atoms with E-state index in [4.69, 9.17) is 0 Å². The van der Waals surface area contributed by atoms with E-state index < -0.39 is 11.7 Å². The third kappa shape index (κ3) is 5.08. The molecule has 0 saturated carbocycles. The van der Waals surface area contributed by atoms with Crippen molar-refractivity contribution in [2.24, 2.45) is 7.05 Å². The third-order valence-corrected chi connectivity index (χ3v) is 4.28. The van der Waals surface area contributed by atoms with Gasteiger partial charge in [0.1, 0.15) is 0 Å². The zero-order chi connectivity index (χ0) is 18.6. The van der Waals surface area contributed by atoms with E-state index in [1.54, 1.807) is 4.68 Å². The van der Waals surface area contributed by atoms with Crippen LogP contribution in [-0.4, -0.2) is 22.2 Å². The van der Waals surface area contributed by atoms with Crippen molar-refractivity contribution in [2.75, 3.05) is 6.54 Å². The van der Waals surface area contributed by atoms with Gasteiger partial charge >= 0.3 is 6.18 Å². The number of aromatic nitrogens is 2. The Morgan fingerprint density at radius 2 is 1.80 bits per heavy atom. The Morgan fingerprint density at radius 1 is 1.16 bits per heavy atom. The first-order chi connectivity index (χ1) is 11.7. The number of carbonyl (C=O) groups is 1. The molecular weight excluding hydrogens is 331 g/mol. The van der Waals surface area contributed by atoms with E-state index in [9.17, 15) is 18.0 Å². The number of rotatable bonds is 6. The minimum atomic E-state index is -4.32. The Labute approximate surface area is 145 Å². The molecular formula is C18H22F3N3O. The van der Waals surface area contributed by atoms with Crippen LogP contribution >= 0.6 is 0 Å². The van der Waals surface area contributed by atoms with Crippen LogP contribution in [0.25, 0.3) is 0 Å². The standard InChI is InChI=1S/C18H22F3N3O/c1-12-16(13(2)24(3)23-12)8-9-17(25)22-11-10-14-4-6-15(7-5-14)18(19,20)21/h4-7H,8-11H2,1-3H3,(H,22,25). The quantitative estimate of drug-likeness (QED) is 0.866. The van der Waals surface area contributed by atoms with Gasteiger partial charge < -0.3 is 5.32 Å². The largest absolute Gasteiger partial charge is 0.416 e. The van der Waals surface area contributed by atoms with E-state index in [-0.39, 0.29) is 5.91 Å². The number of halogens is 3. The van der Waals surface area contributed by atoms with Crippen molar-refractivity contribution in [3.05, 3.63) is 52.3 Å². The molecule has 0 saturated heterocycles. The fraction of sp³-hybridized carbons (Fsp3) is 0.444. The van der Waals surface area contributed by atoms with Gasteiger partial charge in [-0.1, -0.05) is 12.1 Å². The maximum Gasteiger partial charge on any atom is 0.416 e.